The highest BCUT2D eigenvalue weighted by molar-refractivity contribution is 9.10. The van der Waals surface area contributed by atoms with Gasteiger partial charge in [0.25, 0.3) is 0 Å². The molecule has 2 N–H and O–H groups in total. The summed E-state index contributed by atoms with van der Waals surface area (Å²) in [6.45, 7) is 2.41. The largest absolute Gasteiger partial charge is 0.481 e. The lowest BCUT2D eigenvalue weighted by atomic mass is 10.1. The number of carboxylic acid groups (broad SMARTS) is 1. The van der Waals surface area contributed by atoms with Gasteiger partial charge in [-0.25, -0.2) is 4.79 Å². The normalized spacial score (nSPS) is 11.8. The van der Waals surface area contributed by atoms with Crippen LogP contribution in [0.2, 0.25) is 0 Å². The molecule has 0 spiro atoms. The summed E-state index contributed by atoms with van der Waals surface area (Å²) < 4.78 is 1.01. The standard InChI is InChI=1S/C15H21BrN2O3/c1-11(4-3-5-14(19)20)17-15(21)18(2)10-12-6-8-13(16)9-7-12/h6-9,11H,3-5,10H2,1-2H3,(H,17,21)(H,19,20). The zero-order valence-corrected chi connectivity index (χ0v) is 13.9. The molecule has 0 fully saturated rings. The van der Waals surface area contributed by atoms with Gasteiger partial charge in [-0.2, -0.15) is 0 Å². The van der Waals surface area contributed by atoms with E-state index < -0.39 is 5.97 Å². The Morgan fingerprint density at radius 3 is 2.52 bits per heavy atom. The molecule has 0 saturated carbocycles. The van der Waals surface area contributed by atoms with Crippen LogP contribution in [0.25, 0.3) is 0 Å². The first-order valence-electron chi connectivity index (χ1n) is 6.86. The molecule has 6 heteroatoms. The molecule has 21 heavy (non-hydrogen) atoms. The number of halogens is 1. The van der Waals surface area contributed by atoms with E-state index in [9.17, 15) is 9.59 Å². The highest BCUT2D eigenvalue weighted by atomic mass is 79.9. The fourth-order valence-corrected chi connectivity index (χ4v) is 2.15. The van der Waals surface area contributed by atoms with Crippen molar-refractivity contribution in [2.45, 2.75) is 38.8 Å². The van der Waals surface area contributed by atoms with Gasteiger partial charge in [-0.1, -0.05) is 28.1 Å². The molecule has 0 aliphatic rings. The molecule has 0 aliphatic carbocycles. The molecule has 1 unspecified atom stereocenters. The molecule has 1 atom stereocenters. The fraction of sp³-hybridized carbons (Fsp3) is 0.467. The zero-order valence-electron chi connectivity index (χ0n) is 12.3. The summed E-state index contributed by atoms with van der Waals surface area (Å²) in [6, 6.07) is 7.62. The summed E-state index contributed by atoms with van der Waals surface area (Å²) >= 11 is 3.37. The van der Waals surface area contributed by atoms with Gasteiger partial charge < -0.3 is 15.3 Å². The van der Waals surface area contributed by atoms with Crippen molar-refractivity contribution in [3.05, 3.63) is 34.3 Å². The zero-order chi connectivity index (χ0) is 15.8. The second-order valence-corrected chi connectivity index (χ2v) is 6.03. The quantitative estimate of drug-likeness (QED) is 0.787. The molecule has 2 amide bonds. The van der Waals surface area contributed by atoms with Gasteiger partial charge in [0, 0.05) is 30.5 Å². The molecule has 1 aromatic rings. The fourth-order valence-electron chi connectivity index (χ4n) is 1.89. The van der Waals surface area contributed by atoms with E-state index in [-0.39, 0.29) is 18.5 Å². The molecule has 0 saturated heterocycles. The van der Waals surface area contributed by atoms with Crippen LogP contribution >= 0.6 is 15.9 Å². The summed E-state index contributed by atoms with van der Waals surface area (Å²) in [5.41, 5.74) is 1.05. The SMILES string of the molecule is CC(CCCC(=O)O)NC(=O)N(C)Cc1ccc(Br)cc1. The number of aliphatic carboxylic acids is 1. The third-order valence-electron chi connectivity index (χ3n) is 3.08. The van der Waals surface area contributed by atoms with Crippen molar-refractivity contribution in [1.82, 2.24) is 10.2 Å². The van der Waals surface area contributed by atoms with Gasteiger partial charge in [0.2, 0.25) is 0 Å². The van der Waals surface area contributed by atoms with E-state index in [2.05, 4.69) is 21.2 Å². The number of amides is 2. The molecule has 1 rings (SSSR count). The summed E-state index contributed by atoms with van der Waals surface area (Å²) in [5.74, 6) is -0.805. The Balaban J connectivity index is 2.36. The second-order valence-electron chi connectivity index (χ2n) is 5.12. The van der Waals surface area contributed by atoms with Crippen molar-refractivity contribution in [2.24, 2.45) is 0 Å². The molecule has 0 aromatic heterocycles. The van der Waals surface area contributed by atoms with E-state index in [1.807, 2.05) is 31.2 Å². The number of benzene rings is 1. The van der Waals surface area contributed by atoms with E-state index in [0.717, 1.165) is 10.0 Å². The molecule has 0 radical (unpaired) electrons. The van der Waals surface area contributed by atoms with Crippen LogP contribution in [0.3, 0.4) is 0 Å². The average Bonchev–Trinajstić information content (AvgIpc) is 2.40. The summed E-state index contributed by atoms with van der Waals surface area (Å²) in [6.07, 6.45) is 1.35. The lowest BCUT2D eigenvalue weighted by molar-refractivity contribution is -0.137. The number of carbonyl (C=O) groups is 2. The van der Waals surface area contributed by atoms with E-state index in [1.165, 1.54) is 0 Å². The number of nitrogens with zero attached hydrogens (tertiary/aromatic N) is 1. The predicted molar refractivity (Wildman–Crippen MR) is 85.1 cm³/mol. The van der Waals surface area contributed by atoms with Crippen molar-refractivity contribution in [3.8, 4) is 0 Å². The molecular formula is C15H21BrN2O3. The van der Waals surface area contributed by atoms with Gasteiger partial charge >= 0.3 is 12.0 Å². The molecule has 0 aliphatic heterocycles. The van der Waals surface area contributed by atoms with Crippen molar-refractivity contribution in [3.63, 3.8) is 0 Å². The molecule has 5 nitrogen and oxygen atoms in total. The second kappa shape index (κ2) is 8.67. The van der Waals surface area contributed by atoms with Gasteiger partial charge in [-0.15, -0.1) is 0 Å². The summed E-state index contributed by atoms with van der Waals surface area (Å²) in [4.78, 5) is 24.1. The number of hydrogen-bond acceptors (Lipinski definition) is 2. The number of rotatable bonds is 7. The Hall–Kier alpha value is -1.56. The number of carboxylic acids is 1. The molecule has 0 bridgehead atoms. The molecule has 1 aromatic carbocycles. The number of carbonyl (C=O) groups excluding carboxylic acids is 1. The van der Waals surface area contributed by atoms with Crippen LogP contribution < -0.4 is 5.32 Å². The Labute approximate surface area is 133 Å². The van der Waals surface area contributed by atoms with Gasteiger partial charge in [0.15, 0.2) is 0 Å². The number of urea groups is 1. The van der Waals surface area contributed by atoms with Gasteiger partial charge in [-0.05, 0) is 37.5 Å². The van der Waals surface area contributed by atoms with Crippen LogP contribution in [-0.2, 0) is 11.3 Å². The minimum atomic E-state index is -0.805. The van der Waals surface area contributed by atoms with E-state index in [0.29, 0.717) is 19.4 Å². The highest BCUT2D eigenvalue weighted by Crippen LogP contribution is 2.12. The van der Waals surface area contributed by atoms with Crippen LogP contribution in [0, 0.1) is 0 Å². The Morgan fingerprint density at radius 2 is 1.95 bits per heavy atom. The number of nitrogens with one attached hydrogen (secondary N) is 1. The van der Waals surface area contributed by atoms with Crippen molar-refractivity contribution in [1.29, 1.82) is 0 Å². The first kappa shape index (κ1) is 17.5. The van der Waals surface area contributed by atoms with Crippen molar-refractivity contribution < 1.29 is 14.7 Å². The third kappa shape index (κ3) is 7.13. The van der Waals surface area contributed by atoms with Crippen LogP contribution in [0.1, 0.15) is 31.7 Å². The minimum Gasteiger partial charge on any atom is -0.481 e. The maximum Gasteiger partial charge on any atom is 0.317 e. The van der Waals surface area contributed by atoms with Crippen LogP contribution in [0.5, 0.6) is 0 Å². The van der Waals surface area contributed by atoms with Crippen molar-refractivity contribution >= 4 is 27.9 Å². The number of hydrogen-bond donors (Lipinski definition) is 2. The average molecular weight is 357 g/mol. The smallest absolute Gasteiger partial charge is 0.317 e. The van der Waals surface area contributed by atoms with E-state index >= 15 is 0 Å². The van der Waals surface area contributed by atoms with Crippen molar-refractivity contribution in [2.75, 3.05) is 7.05 Å². The summed E-state index contributed by atoms with van der Waals surface area (Å²) in [5, 5.41) is 11.5. The van der Waals surface area contributed by atoms with E-state index in [1.54, 1.807) is 11.9 Å². The topological polar surface area (TPSA) is 69.6 Å². The van der Waals surface area contributed by atoms with Gasteiger partial charge in [-0.3, -0.25) is 4.79 Å². The lowest BCUT2D eigenvalue weighted by Crippen LogP contribution is -2.41. The maximum absolute atomic E-state index is 12.0. The Bertz CT molecular complexity index is 476. The van der Waals surface area contributed by atoms with Crippen LogP contribution in [-0.4, -0.2) is 35.1 Å². The predicted octanol–water partition coefficient (Wildman–Crippen LogP) is 3.23. The first-order chi connectivity index (χ1) is 9.88. The monoisotopic (exact) mass is 356 g/mol. The Kier molecular flexibility index (Phi) is 7.22. The van der Waals surface area contributed by atoms with Crippen LogP contribution in [0.4, 0.5) is 4.79 Å². The van der Waals surface area contributed by atoms with Gasteiger partial charge in [0.1, 0.15) is 0 Å². The first-order valence-corrected chi connectivity index (χ1v) is 7.65. The lowest BCUT2D eigenvalue weighted by Gasteiger charge is -2.21. The minimum absolute atomic E-state index is 0.0378. The molecule has 0 heterocycles. The van der Waals surface area contributed by atoms with E-state index in [4.69, 9.17) is 5.11 Å². The highest BCUT2D eigenvalue weighted by Gasteiger charge is 2.12. The maximum atomic E-state index is 12.0. The Morgan fingerprint density at radius 1 is 1.33 bits per heavy atom. The third-order valence-corrected chi connectivity index (χ3v) is 3.61. The molecule has 116 valence electrons. The van der Waals surface area contributed by atoms with Crippen LogP contribution in [0.15, 0.2) is 28.7 Å². The summed E-state index contributed by atoms with van der Waals surface area (Å²) in [7, 11) is 1.74. The van der Waals surface area contributed by atoms with Gasteiger partial charge in [0.05, 0.1) is 0 Å². The molecular weight excluding hydrogens is 336 g/mol.